The van der Waals surface area contributed by atoms with Gasteiger partial charge in [-0.2, -0.15) is 0 Å². The average Bonchev–Trinajstić information content (AvgIpc) is 3.19. The van der Waals surface area contributed by atoms with Crippen LogP contribution in [0.3, 0.4) is 0 Å². The first kappa shape index (κ1) is 24.3. The monoisotopic (exact) mass is 502 g/mol. The molecule has 4 rings (SSSR count). The van der Waals surface area contributed by atoms with E-state index in [0.29, 0.717) is 11.1 Å². The first-order valence-electron chi connectivity index (χ1n) is 10.5. The molecule has 1 atom stereocenters. The van der Waals surface area contributed by atoms with Gasteiger partial charge in [-0.1, -0.05) is 41.9 Å². The number of ether oxygens (including phenoxy) is 2. The van der Waals surface area contributed by atoms with Gasteiger partial charge in [0.1, 0.15) is 11.6 Å². The predicted molar refractivity (Wildman–Crippen MR) is 125 cm³/mol. The number of amides is 2. The van der Waals surface area contributed by atoms with Crippen molar-refractivity contribution in [1.82, 2.24) is 4.90 Å². The Hall–Kier alpha value is -3.85. The van der Waals surface area contributed by atoms with Crippen molar-refractivity contribution in [1.29, 1.82) is 0 Å². The Kier molecular flexibility index (Phi) is 6.29. The van der Waals surface area contributed by atoms with E-state index in [-0.39, 0.29) is 41.2 Å². The van der Waals surface area contributed by atoms with Crippen molar-refractivity contribution in [2.75, 3.05) is 20.7 Å². The van der Waals surface area contributed by atoms with Crippen LogP contribution < -0.4 is 15.2 Å². The van der Waals surface area contributed by atoms with Crippen LogP contribution in [0.2, 0.25) is 5.02 Å². The quantitative estimate of drug-likeness (QED) is 0.502. The van der Waals surface area contributed by atoms with E-state index in [0.717, 1.165) is 11.0 Å². The number of hydrogen-bond donors (Lipinski definition) is 2. The van der Waals surface area contributed by atoms with Gasteiger partial charge in [0.15, 0.2) is 17.2 Å². The Morgan fingerprint density at radius 3 is 2.49 bits per heavy atom. The Bertz CT molecular complexity index is 1340. The lowest BCUT2D eigenvalue weighted by molar-refractivity contribution is 0.0518. The van der Waals surface area contributed by atoms with Crippen LogP contribution in [-0.4, -0.2) is 42.7 Å². The number of benzene rings is 3. The third kappa shape index (κ3) is 4.12. The number of halogens is 3. The predicted octanol–water partition coefficient (Wildman–Crippen LogP) is 4.83. The molecule has 1 aliphatic rings. The van der Waals surface area contributed by atoms with Gasteiger partial charge in [0, 0.05) is 36.2 Å². The highest BCUT2D eigenvalue weighted by Crippen LogP contribution is 2.50. The van der Waals surface area contributed by atoms with Crippen molar-refractivity contribution >= 4 is 23.6 Å². The smallest absolute Gasteiger partial charge is 0.407 e. The number of primary amides is 1. The molecule has 182 valence electrons. The highest BCUT2D eigenvalue weighted by Gasteiger charge is 2.45. The van der Waals surface area contributed by atoms with Crippen molar-refractivity contribution in [3.63, 3.8) is 0 Å². The van der Waals surface area contributed by atoms with Crippen LogP contribution in [0.5, 0.6) is 11.5 Å². The molecule has 0 radical (unpaired) electrons. The molecule has 0 saturated carbocycles. The molecule has 0 unspecified atom stereocenters. The van der Waals surface area contributed by atoms with Gasteiger partial charge in [0.25, 0.3) is 0 Å². The third-order valence-corrected chi connectivity index (χ3v) is 6.38. The van der Waals surface area contributed by atoms with Crippen molar-refractivity contribution in [3.05, 3.63) is 81.9 Å². The van der Waals surface area contributed by atoms with E-state index in [1.54, 1.807) is 30.3 Å². The highest BCUT2D eigenvalue weighted by molar-refractivity contribution is 6.34. The van der Waals surface area contributed by atoms with Gasteiger partial charge < -0.3 is 25.2 Å². The van der Waals surface area contributed by atoms with Crippen LogP contribution >= 0.6 is 11.6 Å². The first-order chi connectivity index (χ1) is 16.6. The lowest BCUT2D eigenvalue weighted by Crippen LogP contribution is -2.44. The number of nitrogens with two attached hydrogens (primary N) is 1. The SMILES string of the molecule is COc1ccc(C(N)=O)c(-c2c(Cl)c(F)cc3c2C[C@@](CN(C)C(=O)O)(c2ccccc2)O3)c1F. The molecule has 1 aliphatic heterocycles. The largest absolute Gasteiger partial charge is 0.494 e. The van der Waals surface area contributed by atoms with Gasteiger partial charge in [-0.3, -0.25) is 4.79 Å². The molecule has 3 aromatic rings. The summed E-state index contributed by atoms with van der Waals surface area (Å²) in [4.78, 5) is 24.9. The summed E-state index contributed by atoms with van der Waals surface area (Å²) in [5.74, 6) is -2.96. The summed E-state index contributed by atoms with van der Waals surface area (Å²) in [7, 11) is 2.62. The fraction of sp³-hybridized carbons (Fsp3) is 0.200. The molecule has 0 spiro atoms. The van der Waals surface area contributed by atoms with Gasteiger partial charge in [0.05, 0.1) is 24.2 Å². The minimum atomic E-state index is -1.27. The maximum atomic E-state index is 15.6. The van der Waals surface area contributed by atoms with E-state index in [9.17, 15) is 14.7 Å². The maximum absolute atomic E-state index is 15.6. The summed E-state index contributed by atoms with van der Waals surface area (Å²) in [5, 5.41) is 9.07. The van der Waals surface area contributed by atoms with Crippen molar-refractivity contribution in [3.8, 4) is 22.6 Å². The van der Waals surface area contributed by atoms with Crippen LogP contribution in [-0.2, 0) is 12.0 Å². The fourth-order valence-electron chi connectivity index (χ4n) is 4.40. The second kappa shape index (κ2) is 9.07. The number of hydrogen-bond acceptors (Lipinski definition) is 4. The molecule has 3 N–H and O–H groups in total. The van der Waals surface area contributed by atoms with E-state index in [1.165, 1.54) is 26.3 Å². The molecular formula is C25H21ClF2N2O5. The molecule has 0 fully saturated rings. The normalized spacial score (nSPS) is 16.4. The highest BCUT2D eigenvalue weighted by atomic mass is 35.5. The summed E-state index contributed by atoms with van der Waals surface area (Å²) >= 11 is 6.36. The zero-order valence-electron chi connectivity index (χ0n) is 18.8. The molecule has 0 aromatic heterocycles. The van der Waals surface area contributed by atoms with Crippen molar-refractivity contribution in [2.24, 2.45) is 5.73 Å². The molecular weight excluding hydrogens is 482 g/mol. The minimum absolute atomic E-state index is 0.00809. The topological polar surface area (TPSA) is 102 Å². The summed E-state index contributed by atoms with van der Waals surface area (Å²) in [5.41, 5.74) is 4.49. The van der Waals surface area contributed by atoms with Crippen LogP contribution in [0.4, 0.5) is 13.6 Å². The van der Waals surface area contributed by atoms with Gasteiger partial charge in [-0.15, -0.1) is 0 Å². The standard InChI is InChI=1S/C25H21ClF2N2O5/c1-30(24(32)33)12-25(13-6-4-3-5-7-13)11-15-18(35-25)10-16(27)21(26)19(15)20-14(23(29)31)8-9-17(34-2)22(20)28/h3-10H,11-12H2,1-2H3,(H2,29,31)(H,32,33)/t25-/m1/s1. The first-order valence-corrected chi connectivity index (χ1v) is 10.8. The molecule has 0 aliphatic carbocycles. The molecule has 0 saturated heterocycles. The van der Waals surface area contributed by atoms with Crippen LogP contribution in [0.15, 0.2) is 48.5 Å². The molecule has 3 aromatic carbocycles. The molecule has 0 bridgehead atoms. The van der Waals surface area contributed by atoms with E-state index in [1.807, 2.05) is 0 Å². The number of rotatable bonds is 6. The van der Waals surface area contributed by atoms with E-state index >= 15 is 8.78 Å². The van der Waals surface area contributed by atoms with E-state index < -0.39 is 34.3 Å². The molecule has 7 nitrogen and oxygen atoms in total. The lowest BCUT2D eigenvalue weighted by Gasteiger charge is -2.32. The van der Waals surface area contributed by atoms with Gasteiger partial charge in [-0.05, 0) is 17.7 Å². The summed E-state index contributed by atoms with van der Waals surface area (Å²) in [6, 6.07) is 12.4. The number of likely N-dealkylation sites (N-methyl/N-ethyl adjacent to an activating group) is 1. The second-order valence-electron chi connectivity index (χ2n) is 8.17. The Balaban J connectivity index is 1.99. The lowest BCUT2D eigenvalue weighted by atomic mass is 9.85. The number of carbonyl (C=O) groups is 2. The molecule has 35 heavy (non-hydrogen) atoms. The van der Waals surface area contributed by atoms with E-state index in [2.05, 4.69) is 0 Å². The maximum Gasteiger partial charge on any atom is 0.407 e. The zero-order chi connectivity index (χ0) is 25.5. The minimum Gasteiger partial charge on any atom is -0.494 e. The third-order valence-electron chi connectivity index (χ3n) is 6.01. The van der Waals surface area contributed by atoms with Gasteiger partial charge in [-0.25, -0.2) is 13.6 Å². The second-order valence-corrected chi connectivity index (χ2v) is 8.55. The number of nitrogens with zero attached hydrogens (tertiary/aromatic N) is 1. The molecule has 1 heterocycles. The summed E-state index contributed by atoms with van der Waals surface area (Å²) in [6.45, 7) is -0.122. The fourth-order valence-corrected chi connectivity index (χ4v) is 4.66. The van der Waals surface area contributed by atoms with Gasteiger partial charge >= 0.3 is 6.09 Å². The molecule has 10 heteroatoms. The van der Waals surface area contributed by atoms with Gasteiger partial charge in [0.2, 0.25) is 5.91 Å². The van der Waals surface area contributed by atoms with Crippen LogP contribution in [0, 0.1) is 11.6 Å². The number of fused-ring (bicyclic) bond motifs is 1. The Morgan fingerprint density at radius 2 is 1.89 bits per heavy atom. The Labute approximate surface area is 204 Å². The van der Waals surface area contributed by atoms with Crippen LogP contribution in [0.1, 0.15) is 21.5 Å². The average molecular weight is 503 g/mol. The number of methoxy groups -OCH3 is 1. The summed E-state index contributed by atoms with van der Waals surface area (Å²) in [6.07, 6.45) is -1.19. The van der Waals surface area contributed by atoms with E-state index in [4.69, 9.17) is 26.8 Å². The summed E-state index contributed by atoms with van der Waals surface area (Å²) < 4.78 is 41.9. The molecule has 2 amide bonds. The number of carboxylic acid groups (broad SMARTS) is 1. The van der Waals surface area contributed by atoms with Crippen molar-refractivity contribution in [2.45, 2.75) is 12.0 Å². The zero-order valence-corrected chi connectivity index (χ0v) is 19.5. The van der Waals surface area contributed by atoms with Crippen LogP contribution in [0.25, 0.3) is 11.1 Å². The number of carbonyl (C=O) groups excluding carboxylic acids is 1. The van der Waals surface area contributed by atoms with Crippen molar-refractivity contribution < 1.29 is 33.0 Å². The Morgan fingerprint density at radius 1 is 1.20 bits per heavy atom.